The lowest BCUT2D eigenvalue weighted by molar-refractivity contribution is 1.14. The molecule has 2 nitrogen and oxygen atoms in total. The molecule has 3 rings (SSSR count). The number of benzene rings is 1. The fourth-order valence-electron chi connectivity index (χ4n) is 1.36. The minimum Gasteiger partial charge on any atom is -0.359 e. The highest BCUT2D eigenvalue weighted by Gasteiger charge is 2.22. The molecule has 2 aromatic rings. The lowest BCUT2D eigenvalue weighted by Gasteiger charge is -1.94. The molecule has 1 aromatic heterocycles. The van der Waals surface area contributed by atoms with Crippen LogP contribution in [0.2, 0.25) is 0 Å². The van der Waals surface area contributed by atoms with Gasteiger partial charge in [-0.1, -0.05) is 27.3 Å². The van der Waals surface area contributed by atoms with Crippen molar-refractivity contribution in [2.24, 2.45) is 0 Å². The Hall–Kier alpha value is -0.610. The number of thiazole rings is 1. The predicted molar refractivity (Wildman–Crippen MR) is 64.0 cm³/mol. The van der Waals surface area contributed by atoms with Crippen LogP contribution in [0.1, 0.15) is 12.8 Å². The van der Waals surface area contributed by atoms with E-state index in [1.54, 1.807) is 11.3 Å². The number of hydrogen-bond acceptors (Lipinski definition) is 3. The summed E-state index contributed by atoms with van der Waals surface area (Å²) >= 11 is 5.19. The molecular weight excluding hydrogens is 260 g/mol. The molecule has 4 heteroatoms. The summed E-state index contributed by atoms with van der Waals surface area (Å²) in [6.07, 6.45) is 2.58. The van der Waals surface area contributed by atoms with Crippen LogP contribution < -0.4 is 5.32 Å². The number of fused-ring (bicyclic) bond motifs is 1. The first kappa shape index (κ1) is 8.68. The van der Waals surface area contributed by atoms with Gasteiger partial charge in [-0.2, -0.15) is 0 Å². The Kier molecular flexibility index (Phi) is 1.99. The standard InChI is InChI=1S/C10H9BrN2S/c11-6-1-4-8-9(5-6)14-10(13-8)12-7-2-3-7/h1,4-5,7H,2-3H2,(H,12,13). The smallest absolute Gasteiger partial charge is 0.184 e. The fourth-order valence-corrected chi connectivity index (χ4v) is 2.86. The molecule has 1 N–H and O–H groups in total. The van der Waals surface area contributed by atoms with Gasteiger partial charge in [0, 0.05) is 10.5 Å². The van der Waals surface area contributed by atoms with Gasteiger partial charge in [-0.25, -0.2) is 4.98 Å². The molecule has 1 saturated carbocycles. The van der Waals surface area contributed by atoms with Crippen LogP contribution in [0.3, 0.4) is 0 Å². The molecule has 1 aliphatic carbocycles. The van der Waals surface area contributed by atoms with Gasteiger partial charge < -0.3 is 5.32 Å². The molecule has 1 heterocycles. The third kappa shape index (κ3) is 1.64. The molecule has 14 heavy (non-hydrogen) atoms. The van der Waals surface area contributed by atoms with Crippen LogP contribution in [0, 0.1) is 0 Å². The zero-order valence-corrected chi connectivity index (χ0v) is 9.86. The summed E-state index contributed by atoms with van der Waals surface area (Å²) in [5.41, 5.74) is 1.08. The van der Waals surface area contributed by atoms with Crippen molar-refractivity contribution in [1.29, 1.82) is 0 Å². The van der Waals surface area contributed by atoms with Gasteiger partial charge in [-0.05, 0) is 31.0 Å². The van der Waals surface area contributed by atoms with Crippen molar-refractivity contribution in [2.75, 3.05) is 5.32 Å². The Morgan fingerprint density at radius 2 is 2.29 bits per heavy atom. The van der Waals surface area contributed by atoms with Crippen molar-refractivity contribution in [3.8, 4) is 0 Å². The summed E-state index contributed by atoms with van der Waals surface area (Å²) in [5, 5.41) is 4.47. The van der Waals surface area contributed by atoms with Crippen molar-refractivity contribution >= 4 is 42.6 Å². The maximum absolute atomic E-state index is 4.52. The van der Waals surface area contributed by atoms with Gasteiger partial charge in [0.1, 0.15) is 0 Å². The van der Waals surface area contributed by atoms with Gasteiger partial charge in [0.05, 0.1) is 10.2 Å². The van der Waals surface area contributed by atoms with Crippen molar-refractivity contribution in [3.05, 3.63) is 22.7 Å². The number of halogens is 1. The summed E-state index contributed by atoms with van der Waals surface area (Å²) in [6.45, 7) is 0. The average molecular weight is 269 g/mol. The number of nitrogens with zero attached hydrogens (tertiary/aromatic N) is 1. The lowest BCUT2D eigenvalue weighted by atomic mass is 10.3. The highest BCUT2D eigenvalue weighted by Crippen LogP contribution is 2.32. The maximum atomic E-state index is 4.52. The predicted octanol–water partition coefficient (Wildman–Crippen LogP) is 3.63. The number of rotatable bonds is 2. The van der Waals surface area contributed by atoms with Gasteiger partial charge in [0.25, 0.3) is 0 Å². The minimum absolute atomic E-state index is 0.680. The van der Waals surface area contributed by atoms with Crippen LogP contribution in [0.25, 0.3) is 10.2 Å². The van der Waals surface area contributed by atoms with E-state index in [9.17, 15) is 0 Å². The third-order valence-corrected chi connectivity index (χ3v) is 3.70. The zero-order chi connectivity index (χ0) is 9.54. The molecule has 0 saturated heterocycles. The second-order valence-electron chi connectivity index (χ2n) is 3.55. The summed E-state index contributed by atoms with van der Waals surface area (Å²) in [7, 11) is 0. The number of hydrogen-bond donors (Lipinski definition) is 1. The van der Waals surface area contributed by atoms with E-state index >= 15 is 0 Å². The Morgan fingerprint density at radius 1 is 1.43 bits per heavy atom. The van der Waals surface area contributed by atoms with Crippen LogP contribution >= 0.6 is 27.3 Å². The highest BCUT2D eigenvalue weighted by molar-refractivity contribution is 9.10. The second-order valence-corrected chi connectivity index (χ2v) is 5.50. The van der Waals surface area contributed by atoms with E-state index in [-0.39, 0.29) is 0 Å². The Balaban J connectivity index is 2.01. The van der Waals surface area contributed by atoms with Gasteiger partial charge in [0.15, 0.2) is 5.13 Å². The van der Waals surface area contributed by atoms with Crippen LogP contribution in [-0.2, 0) is 0 Å². The zero-order valence-electron chi connectivity index (χ0n) is 7.46. The molecule has 72 valence electrons. The summed E-state index contributed by atoms with van der Waals surface area (Å²) in [6, 6.07) is 6.88. The first-order valence-corrected chi connectivity index (χ1v) is 6.25. The first-order chi connectivity index (χ1) is 6.81. The first-order valence-electron chi connectivity index (χ1n) is 4.64. The molecule has 0 spiro atoms. The molecule has 0 unspecified atom stereocenters. The molecule has 0 atom stereocenters. The topological polar surface area (TPSA) is 24.9 Å². The lowest BCUT2D eigenvalue weighted by Crippen LogP contribution is -1.99. The molecule has 0 aliphatic heterocycles. The number of nitrogens with one attached hydrogen (secondary N) is 1. The molecule has 0 radical (unpaired) electrons. The normalized spacial score (nSPS) is 16.1. The monoisotopic (exact) mass is 268 g/mol. The van der Waals surface area contributed by atoms with Crippen LogP contribution in [-0.4, -0.2) is 11.0 Å². The molecule has 1 aliphatic rings. The summed E-state index contributed by atoms with van der Waals surface area (Å²) < 4.78 is 2.36. The van der Waals surface area contributed by atoms with Gasteiger partial charge >= 0.3 is 0 Å². The Morgan fingerprint density at radius 3 is 3.07 bits per heavy atom. The van der Waals surface area contributed by atoms with E-state index < -0.39 is 0 Å². The van der Waals surface area contributed by atoms with Gasteiger partial charge in [-0.15, -0.1) is 0 Å². The van der Waals surface area contributed by atoms with Crippen molar-refractivity contribution in [2.45, 2.75) is 18.9 Å². The number of anilines is 1. The number of aromatic nitrogens is 1. The van der Waals surface area contributed by atoms with Gasteiger partial charge in [-0.3, -0.25) is 0 Å². The Bertz CT molecular complexity index is 476. The summed E-state index contributed by atoms with van der Waals surface area (Å²) in [4.78, 5) is 4.52. The largest absolute Gasteiger partial charge is 0.359 e. The van der Waals surface area contributed by atoms with Gasteiger partial charge in [0.2, 0.25) is 0 Å². The van der Waals surface area contributed by atoms with E-state index in [1.165, 1.54) is 17.5 Å². The van der Waals surface area contributed by atoms with E-state index in [0.29, 0.717) is 6.04 Å². The average Bonchev–Trinajstić information content (AvgIpc) is 2.84. The van der Waals surface area contributed by atoms with Crippen molar-refractivity contribution in [1.82, 2.24) is 4.98 Å². The van der Waals surface area contributed by atoms with Crippen LogP contribution in [0.5, 0.6) is 0 Å². The highest BCUT2D eigenvalue weighted by atomic mass is 79.9. The summed E-state index contributed by atoms with van der Waals surface area (Å²) in [5.74, 6) is 0. The van der Waals surface area contributed by atoms with Crippen LogP contribution in [0.4, 0.5) is 5.13 Å². The van der Waals surface area contributed by atoms with Crippen molar-refractivity contribution in [3.63, 3.8) is 0 Å². The van der Waals surface area contributed by atoms with E-state index in [2.05, 4.69) is 32.3 Å². The van der Waals surface area contributed by atoms with Crippen LogP contribution in [0.15, 0.2) is 22.7 Å². The maximum Gasteiger partial charge on any atom is 0.184 e. The van der Waals surface area contributed by atoms with Crippen molar-refractivity contribution < 1.29 is 0 Å². The second kappa shape index (κ2) is 3.21. The Labute approximate surface area is 94.5 Å². The minimum atomic E-state index is 0.680. The van der Waals surface area contributed by atoms with E-state index in [4.69, 9.17) is 0 Å². The third-order valence-electron chi connectivity index (χ3n) is 2.26. The quantitative estimate of drug-likeness (QED) is 0.900. The molecule has 0 bridgehead atoms. The van der Waals surface area contributed by atoms with E-state index in [1.807, 2.05) is 12.1 Å². The molecular formula is C10H9BrN2S. The van der Waals surface area contributed by atoms with E-state index in [0.717, 1.165) is 15.1 Å². The molecule has 0 amide bonds. The fraction of sp³-hybridized carbons (Fsp3) is 0.300. The molecule has 1 fully saturated rings. The SMILES string of the molecule is Brc1ccc2nc(NC3CC3)sc2c1. The molecule has 1 aromatic carbocycles.